The first-order chi connectivity index (χ1) is 11.0. The van der Waals surface area contributed by atoms with Gasteiger partial charge in [-0.1, -0.05) is 13.0 Å². The molecule has 0 spiro atoms. The number of likely N-dealkylation sites (tertiary alicyclic amines) is 1. The largest absolute Gasteiger partial charge is 0.494 e. The van der Waals surface area contributed by atoms with Gasteiger partial charge in [0.05, 0.1) is 19.3 Å². The van der Waals surface area contributed by atoms with Crippen LogP contribution in [0.2, 0.25) is 0 Å². The number of nitrogens with zero attached hydrogens (tertiary/aromatic N) is 1. The lowest BCUT2D eigenvalue weighted by Crippen LogP contribution is -2.50. The SMILES string of the molecule is COc1ccc(C(C)NC(=O)N2CCC(C)C(OC)C2)cc1F. The average Bonchev–Trinajstić information content (AvgIpc) is 2.54. The molecule has 1 N–H and O–H groups in total. The molecule has 3 atom stereocenters. The predicted molar refractivity (Wildman–Crippen MR) is 86.0 cm³/mol. The number of amides is 2. The number of hydrogen-bond donors (Lipinski definition) is 1. The number of carbonyl (C=O) groups excluding carboxylic acids is 1. The summed E-state index contributed by atoms with van der Waals surface area (Å²) in [7, 11) is 3.10. The van der Waals surface area contributed by atoms with Crippen molar-refractivity contribution in [1.82, 2.24) is 10.2 Å². The summed E-state index contributed by atoms with van der Waals surface area (Å²) in [6.07, 6.45) is 0.973. The Balaban J connectivity index is 1.98. The fourth-order valence-electron chi connectivity index (χ4n) is 2.84. The van der Waals surface area contributed by atoms with Crippen LogP contribution in [0.5, 0.6) is 5.75 Å². The molecule has 0 bridgehead atoms. The van der Waals surface area contributed by atoms with Gasteiger partial charge in [-0.2, -0.15) is 0 Å². The molecule has 1 saturated heterocycles. The van der Waals surface area contributed by atoms with Gasteiger partial charge >= 0.3 is 6.03 Å². The molecule has 0 radical (unpaired) electrons. The van der Waals surface area contributed by atoms with E-state index in [9.17, 15) is 9.18 Å². The van der Waals surface area contributed by atoms with Gasteiger partial charge in [0.1, 0.15) is 0 Å². The maximum absolute atomic E-state index is 13.8. The van der Waals surface area contributed by atoms with E-state index in [1.54, 1.807) is 24.1 Å². The Morgan fingerprint density at radius 2 is 2.17 bits per heavy atom. The predicted octanol–water partition coefficient (Wildman–Crippen LogP) is 2.96. The fourth-order valence-corrected chi connectivity index (χ4v) is 2.84. The molecule has 5 nitrogen and oxygen atoms in total. The molecular formula is C17H25FN2O3. The number of methoxy groups -OCH3 is 2. The number of piperidine rings is 1. The van der Waals surface area contributed by atoms with Crippen LogP contribution in [-0.2, 0) is 4.74 Å². The van der Waals surface area contributed by atoms with E-state index in [1.807, 2.05) is 6.92 Å². The summed E-state index contributed by atoms with van der Waals surface area (Å²) in [5.74, 6) is 0.203. The zero-order valence-corrected chi connectivity index (χ0v) is 14.1. The highest BCUT2D eigenvalue weighted by Crippen LogP contribution is 2.23. The molecule has 3 unspecified atom stereocenters. The minimum Gasteiger partial charge on any atom is -0.494 e. The van der Waals surface area contributed by atoms with Crippen molar-refractivity contribution in [3.63, 3.8) is 0 Å². The molecule has 0 aliphatic carbocycles. The van der Waals surface area contributed by atoms with Crippen molar-refractivity contribution in [3.8, 4) is 5.75 Å². The highest BCUT2D eigenvalue weighted by atomic mass is 19.1. The molecule has 0 aromatic heterocycles. The van der Waals surface area contributed by atoms with Gasteiger partial charge in [-0.05, 0) is 37.0 Å². The third-order valence-corrected chi connectivity index (χ3v) is 4.50. The molecule has 1 heterocycles. The lowest BCUT2D eigenvalue weighted by Gasteiger charge is -2.36. The highest BCUT2D eigenvalue weighted by Gasteiger charge is 2.29. The smallest absolute Gasteiger partial charge is 0.317 e. The maximum atomic E-state index is 13.8. The normalized spacial score (nSPS) is 22.6. The molecule has 1 fully saturated rings. The zero-order valence-electron chi connectivity index (χ0n) is 14.1. The van der Waals surface area contributed by atoms with Crippen LogP contribution < -0.4 is 10.1 Å². The Kier molecular flexibility index (Phi) is 5.82. The summed E-state index contributed by atoms with van der Waals surface area (Å²) in [6, 6.07) is 4.27. The monoisotopic (exact) mass is 324 g/mol. The summed E-state index contributed by atoms with van der Waals surface area (Å²) < 4.78 is 24.1. The number of carbonyl (C=O) groups is 1. The van der Waals surface area contributed by atoms with E-state index in [1.165, 1.54) is 13.2 Å². The molecule has 2 amide bonds. The first kappa shape index (κ1) is 17.5. The third kappa shape index (κ3) is 4.13. The Morgan fingerprint density at radius 3 is 2.78 bits per heavy atom. The van der Waals surface area contributed by atoms with Crippen molar-refractivity contribution in [1.29, 1.82) is 0 Å². The molecule has 23 heavy (non-hydrogen) atoms. The first-order valence-corrected chi connectivity index (χ1v) is 7.88. The minimum absolute atomic E-state index is 0.0586. The number of hydrogen-bond acceptors (Lipinski definition) is 3. The van der Waals surface area contributed by atoms with Crippen LogP contribution in [0.1, 0.15) is 31.9 Å². The van der Waals surface area contributed by atoms with Crippen molar-refractivity contribution in [2.24, 2.45) is 5.92 Å². The lowest BCUT2D eigenvalue weighted by molar-refractivity contribution is 0.00689. The van der Waals surface area contributed by atoms with Crippen molar-refractivity contribution in [2.75, 3.05) is 27.3 Å². The van der Waals surface area contributed by atoms with E-state index in [2.05, 4.69) is 12.2 Å². The molecule has 128 valence electrons. The molecule has 2 rings (SSSR count). The number of rotatable bonds is 4. The van der Waals surface area contributed by atoms with Gasteiger partial charge in [-0.15, -0.1) is 0 Å². The van der Waals surface area contributed by atoms with Crippen molar-refractivity contribution < 1.29 is 18.7 Å². The van der Waals surface area contributed by atoms with Crippen molar-refractivity contribution in [3.05, 3.63) is 29.6 Å². The summed E-state index contributed by atoms with van der Waals surface area (Å²) in [4.78, 5) is 14.2. The van der Waals surface area contributed by atoms with Gasteiger partial charge in [-0.25, -0.2) is 9.18 Å². The first-order valence-electron chi connectivity index (χ1n) is 7.88. The van der Waals surface area contributed by atoms with Crippen LogP contribution in [0, 0.1) is 11.7 Å². The van der Waals surface area contributed by atoms with Crippen molar-refractivity contribution >= 4 is 6.03 Å². The number of halogens is 1. The minimum atomic E-state index is -0.433. The van der Waals surface area contributed by atoms with Gasteiger partial charge in [0.15, 0.2) is 11.6 Å². The molecule has 0 saturated carbocycles. The second-order valence-corrected chi connectivity index (χ2v) is 6.05. The van der Waals surface area contributed by atoms with Crippen LogP contribution in [-0.4, -0.2) is 44.3 Å². The molecule has 1 aliphatic rings. The summed E-state index contributed by atoms with van der Waals surface area (Å²) in [6.45, 7) is 5.25. The van der Waals surface area contributed by atoms with Crippen LogP contribution in [0.3, 0.4) is 0 Å². The topological polar surface area (TPSA) is 50.8 Å². The molecule has 1 aliphatic heterocycles. The Morgan fingerprint density at radius 1 is 1.43 bits per heavy atom. The maximum Gasteiger partial charge on any atom is 0.317 e. The third-order valence-electron chi connectivity index (χ3n) is 4.50. The van der Waals surface area contributed by atoms with E-state index in [0.29, 0.717) is 24.6 Å². The van der Waals surface area contributed by atoms with Gasteiger partial charge in [0, 0.05) is 20.2 Å². The quantitative estimate of drug-likeness (QED) is 0.926. The van der Waals surface area contributed by atoms with E-state index in [0.717, 1.165) is 6.42 Å². The van der Waals surface area contributed by atoms with Gasteiger partial charge in [-0.3, -0.25) is 0 Å². The highest BCUT2D eigenvalue weighted by molar-refractivity contribution is 5.74. The second kappa shape index (κ2) is 7.64. The Hall–Kier alpha value is -1.82. The second-order valence-electron chi connectivity index (χ2n) is 6.05. The summed E-state index contributed by atoms with van der Waals surface area (Å²) in [5.41, 5.74) is 0.699. The number of nitrogens with one attached hydrogen (secondary N) is 1. The van der Waals surface area contributed by atoms with E-state index < -0.39 is 5.82 Å². The van der Waals surface area contributed by atoms with Gasteiger partial charge in [0.25, 0.3) is 0 Å². The van der Waals surface area contributed by atoms with Gasteiger partial charge < -0.3 is 19.7 Å². The molecular weight excluding hydrogens is 299 g/mol. The van der Waals surface area contributed by atoms with Crippen LogP contribution in [0.15, 0.2) is 18.2 Å². The van der Waals surface area contributed by atoms with E-state index in [-0.39, 0.29) is 23.9 Å². The molecule has 6 heteroatoms. The Labute approximate surface area is 136 Å². The number of urea groups is 1. The number of ether oxygens (including phenoxy) is 2. The van der Waals surface area contributed by atoms with Gasteiger partial charge in [0.2, 0.25) is 0 Å². The standard InChI is InChI=1S/C17H25FN2O3/c1-11-7-8-20(10-16(11)23-4)17(21)19-12(2)13-5-6-15(22-3)14(18)9-13/h5-6,9,11-12,16H,7-8,10H2,1-4H3,(H,19,21). The number of benzene rings is 1. The summed E-state index contributed by atoms with van der Waals surface area (Å²) >= 11 is 0. The molecule has 1 aromatic carbocycles. The average molecular weight is 324 g/mol. The fraction of sp³-hybridized carbons (Fsp3) is 0.588. The van der Waals surface area contributed by atoms with Crippen molar-refractivity contribution in [2.45, 2.75) is 32.4 Å². The van der Waals surface area contributed by atoms with E-state index in [4.69, 9.17) is 9.47 Å². The zero-order chi connectivity index (χ0) is 17.0. The molecule has 1 aromatic rings. The van der Waals surface area contributed by atoms with Crippen LogP contribution >= 0.6 is 0 Å². The van der Waals surface area contributed by atoms with E-state index >= 15 is 0 Å². The van der Waals surface area contributed by atoms with Crippen LogP contribution in [0.4, 0.5) is 9.18 Å². The lowest BCUT2D eigenvalue weighted by atomic mass is 9.96. The summed E-state index contributed by atoms with van der Waals surface area (Å²) in [5, 5.41) is 2.91. The van der Waals surface area contributed by atoms with Crippen LogP contribution in [0.25, 0.3) is 0 Å². The Bertz CT molecular complexity index is 553.